The van der Waals surface area contributed by atoms with Gasteiger partial charge in [0.05, 0.1) is 40.3 Å². The first kappa shape index (κ1) is 44.7. The van der Waals surface area contributed by atoms with Gasteiger partial charge in [0.1, 0.15) is 23.1 Å². The van der Waals surface area contributed by atoms with Crippen LogP contribution in [0, 0.1) is 21.4 Å². The number of aromatic amines is 1. The number of likely N-dealkylation sites (tertiary alicyclic amines) is 1. The highest BCUT2D eigenvalue weighted by molar-refractivity contribution is 7.90. The first-order valence-electron chi connectivity index (χ1n) is 24.4. The zero-order valence-electron chi connectivity index (χ0n) is 38.7. The lowest BCUT2D eigenvalue weighted by molar-refractivity contribution is -0.384. The number of sulfonamides is 1. The normalized spacial score (nSPS) is 23.1. The molecule has 7 heterocycles. The third kappa shape index (κ3) is 8.34. The van der Waals surface area contributed by atoms with E-state index in [1.165, 1.54) is 48.9 Å². The van der Waals surface area contributed by atoms with Gasteiger partial charge in [-0.3, -0.25) is 19.8 Å². The minimum atomic E-state index is -4.59. The molecule has 3 N–H and O–H groups in total. The van der Waals surface area contributed by atoms with E-state index in [0.29, 0.717) is 79.3 Å². The summed E-state index contributed by atoms with van der Waals surface area (Å²) >= 11 is 0. The minimum Gasteiger partial charge on any atom is -0.468 e. The number of carbonyl (C=O) groups excluding carboxylic acids is 1. The van der Waals surface area contributed by atoms with Crippen LogP contribution in [0.3, 0.4) is 0 Å². The Morgan fingerprint density at radius 1 is 0.956 bits per heavy atom. The SMILES string of the molecule is CC(C)c1ccccc1[C@@H]1CCCN1C1CC2(CCN(c3ccc(C(=O)NS(=O)(=O)c4ccc(NCC5CCOCC5)c([N+](=O)[O-])c4)c(N4c5cc6cc[nH]c6nc5O[C@H]5COC[C@@H]54)c3)CC2)C1. The van der Waals surface area contributed by atoms with Crippen molar-refractivity contribution >= 4 is 55.4 Å². The van der Waals surface area contributed by atoms with Gasteiger partial charge >= 0.3 is 0 Å². The topological polar surface area (TPSA) is 184 Å². The highest BCUT2D eigenvalue weighted by atomic mass is 32.2. The molecule has 0 unspecified atom stereocenters. The average molecular weight is 945 g/mol. The van der Waals surface area contributed by atoms with Crippen LogP contribution in [0.2, 0.25) is 0 Å². The molecule has 5 aliphatic heterocycles. The second kappa shape index (κ2) is 18.0. The Morgan fingerprint density at radius 2 is 1.76 bits per heavy atom. The van der Waals surface area contributed by atoms with Gasteiger partial charge in [0, 0.05) is 68.3 Å². The maximum Gasteiger partial charge on any atom is 0.293 e. The molecule has 0 radical (unpaired) electrons. The summed E-state index contributed by atoms with van der Waals surface area (Å²) in [5, 5.41) is 16.3. The summed E-state index contributed by atoms with van der Waals surface area (Å²) in [6, 6.07) is 22.9. The van der Waals surface area contributed by atoms with Crippen LogP contribution in [0.25, 0.3) is 11.0 Å². The number of benzene rings is 3. The van der Waals surface area contributed by atoms with Gasteiger partial charge in [-0.15, -0.1) is 0 Å². The smallest absolute Gasteiger partial charge is 0.293 e. The number of nitro groups is 1. The van der Waals surface area contributed by atoms with Crippen LogP contribution in [0.15, 0.2) is 83.9 Å². The number of nitro benzene ring substituents is 1. The summed E-state index contributed by atoms with van der Waals surface area (Å²) in [6.07, 6.45) is 10.0. The molecule has 1 aliphatic carbocycles. The van der Waals surface area contributed by atoms with Crippen molar-refractivity contribution in [3.05, 3.63) is 106 Å². The van der Waals surface area contributed by atoms with Gasteiger partial charge in [0.2, 0.25) is 5.88 Å². The second-order valence-electron chi connectivity index (χ2n) is 20.1. The summed E-state index contributed by atoms with van der Waals surface area (Å²) in [5.74, 6) is 0.269. The fourth-order valence-electron chi connectivity index (χ4n) is 12.0. The van der Waals surface area contributed by atoms with Crippen molar-refractivity contribution in [1.82, 2.24) is 19.6 Å². The fourth-order valence-corrected chi connectivity index (χ4v) is 13.0. The molecule has 3 atom stereocenters. The van der Waals surface area contributed by atoms with Crippen LogP contribution in [0.5, 0.6) is 5.88 Å². The molecule has 1 spiro atoms. The number of carbonyl (C=O) groups is 1. The lowest BCUT2D eigenvalue weighted by Crippen LogP contribution is -2.55. The number of pyridine rings is 1. The molecule has 11 rings (SSSR count). The Bertz CT molecular complexity index is 2830. The molecule has 2 aromatic heterocycles. The zero-order chi connectivity index (χ0) is 46.7. The van der Waals surface area contributed by atoms with E-state index in [0.717, 1.165) is 62.5 Å². The van der Waals surface area contributed by atoms with Crippen molar-refractivity contribution in [2.45, 2.75) is 100 Å². The fraction of sp³-hybridized carbons (Fsp3) is 0.490. The molecule has 16 nitrogen and oxygen atoms in total. The van der Waals surface area contributed by atoms with Crippen LogP contribution in [-0.4, -0.2) is 105 Å². The lowest BCUT2D eigenvalue weighted by Gasteiger charge is -2.56. The van der Waals surface area contributed by atoms with E-state index in [-0.39, 0.29) is 23.2 Å². The number of fused-ring (bicyclic) bond motifs is 3. The van der Waals surface area contributed by atoms with Crippen LogP contribution >= 0.6 is 0 Å². The Morgan fingerprint density at radius 3 is 2.56 bits per heavy atom. The number of hydrogen-bond donors (Lipinski definition) is 3. The van der Waals surface area contributed by atoms with Crippen molar-refractivity contribution < 1.29 is 32.3 Å². The number of nitrogens with zero attached hydrogens (tertiary/aromatic N) is 5. The lowest BCUT2D eigenvalue weighted by atomic mass is 9.59. The summed E-state index contributed by atoms with van der Waals surface area (Å²) in [6.45, 7) is 9.82. The Balaban J connectivity index is 0.865. The summed E-state index contributed by atoms with van der Waals surface area (Å²) in [7, 11) is -4.59. The molecular formula is C51H60N8O8S. The van der Waals surface area contributed by atoms with Crippen molar-refractivity contribution in [2.24, 2.45) is 11.3 Å². The molecular weight excluding hydrogens is 885 g/mol. The number of anilines is 4. The Hall–Kier alpha value is -5.75. The molecule has 6 aliphatic rings. The highest BCUT2D eigenvalue weighted by Gasteiger charge is 2.50. The molecule has 17 heteroatoms. The average Bonchev–Trinajstić information content (AvgIpc) is 4.13. The standard InChI is InChI=1S/C51H60N8O8S/c1-32(2)38-6-3-4-7-39(38)42-8-5-19-57(42)36-27-51(28-36)16-20-56(21-17-51)35-9-11-40(43(25-35)58-45-24-34-13-18-52-48(34)54-50(45)67-47-31-66-30-46(47)58)49(60)55-68(63,64)37-10-12-41(44(26-37)59(61)62)53-29-33-14-22-65-23-15-33/h3-4,6-7,9-13,18,24-26,32-33,36,42,46-47,53H,5,8,14-17,19-23,27-31H2,1-2H3,(H,52,54)(H,55,60)/t42-,46-,47-/m0/s1. The van der Waals surface area contributed by atoms with Gasteiger partial charge in [0.15, 0.2) is 0 Å². The van der Waals surface area contributed by atoms with E-state index in [4.69, 9.17) is 19.2 Å². The van der Waals surface area contributed by atoms with E-state index in [1.54, 1.807) is 6.07 Å². The molecule has 5 fully saturated rings. The van der Waals surface area contributed by atoms with Gasteiger partial charge in [-0.1, -0.05) is 38.1 Å². The molecule has 0 bridgehead atoms. The molecule has 358 valence electrons. The number of piperidine rings is 1. The molecule has 1 amide bonds. The van der Waals surface area contributed by atoms with E-state index in [2.05, 4.69) is 62.9 Å². The third-order valence-corrected chi connectivity index (χ3v) is 17.0. The number of H-pyrrole nitrogens is 1. The van der Waals surface area contributed by atoms with E-state index >= 15 is 0 Å². The van der Waals surface area contributed by atoms with Gasteiger partial charge < -0.3 is 34.3 Å². The largest absolute Gasteiger partial charge is 0.468 e. The van der Waals surface area contributed by atoms with E-state index in [1.807, 2.05) is 35.4 Å². The quantitative estimate of drug-likeness (QED) is 0.0801. The number of aromatic nitrogens is 2. The zero-order valence-corrected chi connectivity index (χ0v) is 39.5. The van der Waals surface area contributed by atoms with E-state index in [9.17, 15) is 23.3 Å². The van der Waals surface area contributed by atoms with Gasteiger partial charge in [0.25, 0.3) is 21.6 Å². The number of nitrogens with one attached hydrogen (secondary N) is 3. The predicted molar refractivity (Wildman–Crippen MR) is 260 cm³/mol. The van der Waals surface area contributed by atoms with Crippen LogP contribution < -0.4 is 24.6 Å². The summed E-state index contributed by atoms with van der Waals surface area (Å²) in [5.41, 5.74) is 5.88. The molecule has 5 aromatic rings. The van der Waals surface area contributed by atoms with Gasteiger partial charge in [-0.25, -0.2) is 13.1 Å². The molecule has 1 saturated carbocycles. The first-order chi connectivity index (χ1) is 32.9. The van der Waals surface area contributed by atoms with Crippen molar-refractivity contribution in [2.75, 3.05) is 67.7 Å². The molecule has 4 saturated heterocycles. The van der Waals surface area contributed by atoms with Crippen molar-refractivity contribution in [1.29, 1.82) is 0 Å². The molecule has 3 aromatic carbocycles. The van der Waals surface area contributed by atoms with Crippen LogP contribution in [-0.2, 0) is 19.5 Å². The number of ether oxygens (including phenoxy) is 3. The van der Waals surface area contributed by atoms with Gasteiger partial charge in [-0.05, 0) is 129 Å². The molecule has 68 heavy (non-hydrogen) atoms. The Kier molecular flexibility index (Phi) is 11.8. The maximum atomic E-state index is 14.6. The maximum absolute atomic E-state index is 14.6. The summed E-state index contributed by atoms with van der Waals surface area (Å²) < 4.78 is 48.3. The minimum absolute atomic E-state index is 0.115. The van der Waals surface area contributed by atoms with Crippen molar-refractivity contribution in [3.8, 4) is 5.88 Å². The van der Waals surface area contributed by atoms with Crippen LogP contribution in [0.1, 0.15) is 98.7 Å². The van der Waals surface area contributed by atoms with Crippen LogP contribution in [0.4, 0.5) is 28.4 Å². The number of hydrogen-bond acceptors (Lipinski definition) is 13. The first-order valence-corrected chi connectivity index (χ1v) is 25.8. The number of rotatable bonds is 12. The monoisotopic (exact) mass is 944 g/mol. The van der Waals surface area contributed by atoms with E-state index < -0.39 is 37.5 Å². The summed E-state index contributed by atoms with van der Waals surface area (Å²) in [4.78, 5) is 41.0. The Labute approximate surface area is 396 Å². The third-order valence-electron chi connectivity index (χ3n) is 15.7. The van der Waals surface area contributed by atoms with Crippen molar-refractivity contribution in [3.63, 3.8) is 0 Å². The predicted octanol–water partition coefficient (Wildman–Crippen LogP) is 8.44. The van der Waals surface area contributed by atoms with Gasteiger partial charge in [-0.2, -0.15) is 4.98 Å². The number of amides is 1. The second-order valence-corrected chi connectivity index (χ2v) is 21.8. The highest BCUT2D eigenvalue weighted by Crippen LogP contribution is 2.55.